The fraction of sp³-hybridized carbons (Fsp3) is 0.633. The molecule has 2 fully saturated rings. The predicted octanol–water partition coefficient (Wildman–Crippen LogP) is 3.66. The summed E-state index contributed by atoms with van der Waals surface area (Å²) in [5.41, 5.74) is -1.03. The minimum atomic E-state index is -1.12. The van der Waals surface area contributed by atoms with Gasteiger partial charge in [0.25, 0.3) is 0 Å². The third-order valence-electron chi connectivity index (χ3n) is 8.97. The Bertz CT molecular complexity index is 1180. The van der Waals surface area contributed by atoms with Crippen LogP contribution in [0.2, 0.25) is 0 Å². The molecule has 7 unspecified atom stereocenters. The summed E-state index contributed by atoms with van der Waals surface area (Å²) in [5, 5.41) is 21.9. The van der Waals surface area contributed by atoms with E-state index in [9.17, 15) is 24.6 Å². The fourth-order valence-corrected chi connectivity index (χ4v) is 6.45. The van der Waals surface area contributed by atoms with E-state index in [1.807, 2.05) is 33.8 Å². The molecule has 0 bridgehead atoms. The Kier molecular flexibility index (Phi) is 7.17. The van der Waals surface area contributed by atoms with Crippen molar-refractivity contribution >= 4 is 17.5 Å². The van der Waals surface area contributed by atoms with Crippen molar-refractivity contribution in [2.24, 2.45) is 11.3 Å². The first-order chi connectivity index (χ1) is 17.5. The molecular weight excluding hydrogens is 488 g/mol. The first kappa shape index (κ1) is 28.5. The van der Waals surface area contributed by atoms with Crippen molar-refractivity contribution in [2.45, 2.75) is 110 Å². The molecule has 2 N–H and O–H groups in total. The Morgan fingerprint density at radius 1 is 1.24 bits per heavy atom. The third kappa shape index (κ3) is 4.50. The molecule has 2 heterocycles. The first-order valence-corrected chi connectivity index (χ1v) is 13.4. The fourth-order valence-electron chi connectivity index (χ4n) is 6.45. The van der Waals surface area contributed by atoms with Crippen molar-refractivity contribution in [3.8, 4) is 0 Å². The van der Waals surface area contributed by atoms with Crippen molar-refractivity contribution in [1.82, 2.24) is 0 Å². The lowest BCUT2D eigenvalue weighted by Gasteiger charge is -2.58. The topological polar surface area (TPSA) is 119 Å². The number of rotatable bonds is 5. The number of ether oxygens (including phenoxy) is 3. The van der Waals surface area contributed by atoms with Gasteiger partial charge < -0.3 is 24.4 Å². The smallest absolute Gasteiger partial charge is 0.303 e. The zero-order valence-electron chi connectivity index (χ0n) is 23.6. The van der Waals surface area contributed by atoms with Crippen LogP contribution in [-0.2, 0) is 28.6 Å². The minimum absolute atomic E-state index is 0.00654. The monoisotopic (exact) mass is 528 g/mol. The summed E-state index contributed by atoms with van der Waals surface area (Å²) in [5.74, 6) is -1.82. The molecule has 0 radical (unpaired) electrons. The van der Waals surface area contributed by atoms with Gasteiger partial charge in [-0.15, -0.1) is 0 Å². The van der Waals surface area contributed by atoms with Crippen LogP contribution in [0, 0.1) is 11.3 Å². The molecule has 2 aliphatic carbocycles. The second kappa shape index (κ2) is 9.57. The van der Waals surface area contributed by atoms with E-state index in [1.54, 1.807) is 26.8 Å². The van der Waals surface area contributed by atoms with Crippen LogP contribution in [0.15, 0.2) is 46.3 Å². The quantitative estimate of drug-likeness (QED) is 0.315. The maximum absolute atomic E-state index is 13.8. The highest BCUT2D eigenvalue weighted by molar-refractivity contribution is 6.23. The van der Waals surface area contributed by atoms with Crippen molar-refractivity contribution in [3.63, 3.8) is 0 Å². The Labute approximate surface area is 224 Å². The molecule has 8 nitrogen and oxygen atoms in total. The number of allylic oxidation sites excluding steroid dienone is 5. The predicted molar refractivity (Wildman–Crippen MR) is 140 cm³/mol. The van der Waals surface area contributed by atoms with Gasteiger partial charge in [-0.1, -0.05) is 19.9 Å². The standard InChI is InChI=1S/C30H40O8/c1-9-15(2)26(36-17(4)31)16(3)18-12-20(32)19-13-21-29(7,38-27(19)25(18)34)11-10-23-30(21,8)22(33)14-24(37-23)28(5,6)35/h9,12-13,16,22-24,26,33,35H,10-11,14H2,1-8H3. The Hall–Kier alpha value is -2.55. The highest BCUT2D eigenvalue weighted by atomic mass is 16.5. The van der Waals surface area contributed by atoms with Gasteiger partial charge in [0.2, 0.25) is 5.78 Å². The van der Waals surface area contributed by atoms with E-state index in [0.717, 1.165) is 11.1 Å². The van der Waals surface area contributed by atoms with Crippen molar-refractivity contribution < 1.29 is 38.8 Å². The average molecular weight is 529 g/mol. The van der Waals surface area contributed by atoms with E-state index in [4.69, 9.17) is 14.2 Å². The van der Waals surface area contributed by atoms with Crippen LogP contribution in [0.5, 0.6) is 0 Å². The summed E-state index contributed by atoms with van der Waals surface area (Å²) in [4.78, 5) is 38.9. The lowest BCUT2D eigenvalue weighted by molar-refractivity contribution is -0.231. The van der Waals surface area contributed by atoms with Crippen LogP contribution in [-0.4, -0.2) is 63.4 Å². The summed E-state index contributed by atoms with van der Waals surface area (Å²) in [6.07, 6.45) is 3.66. The van der Waals surface area contributed by atoms with E-state index >= 15 is 0 Å². The Morgan fingerprint density at radius 3 is 2.47 bits per heavy atom. The number of hydrogen-bond donors (Lipinski definition) is 2. The molecule has 4 aliphatic rings. The van der Waals surface area contributed by atoms with Gasteiger partial charge in [-0.25, -0.2) is 0 Å². The second-order valence-corrected chi connectivity index (χ2v) is 12.1. The van der Waals surface area contributed by atoms with Crippen LogP contribution < -0.4 is 0 Å². The van der Waals surface area contributed by atoms with E-state index in [0.29, 0.717) is 12.8 Å². The van der Waals surface area contributed by atoms with Gasteiger partial charge in [-0.2, -0.15) is 0 Å². The van der Waals surface area contributed by atoms with Gasteiger partial charge in [0.1, 0.15) is 11.7 Å². The van der Waals surface area contributed by atoms with Gasteiger partial charge in [0.05, 0.1) is 29.5 Å². The molecule has 8 heteroatoms. The first-order valence-electron chi connectivity index (χ1n) is 13.4. The number of Topliss-reactive ketones (excluding diaryl/α,β-unsaturated/α-hetero) is 1. The zero-order chi connectivity index (χ0) is 28.4. The minimum Gasteiger partial charge on any atom is -0.478 e. The summed E-state index contributed by atoms with van der Waals surface area (Å²) >= 11 is 0. The van der Waals surface area contributed by atoms with Crippen molar-refractivity contribution in [2.75, 3.05) is 0 Å². The Balaban J connectivity index is 1.72. The van der Waals surface area contributed by atoms with Crippen LogP contribution in [0.1, 0.15) is 74.7 Å². The summed E-state index contributed by atoms with van der Waals surface area (Å²) in [6, 6.07) is 0. The molecule has 1 saturated heterocycles. The SMILES string of the molecule is CC=C(C)C(OC(C)=O)C(C)C1=CC(=O)C2=C(OC3(C)CCC4OC(C(C)(C)O)CC(O)C4(C)C3=C2)C1=O. The van der Waals surface area contributed by atoms with Gasteiger partial charge >= 0.3 is 5.97 Å². The van der Waals surface area contributed by atoms with Crippen molar-refractivity contribution in [1.29, 1.82) is 0 Å². The number of aliphatic hydroxyl groups excluding tert-OH is 1. The molecular formula is C30H40O8. The maximum Gasteiger partial charge on any atom is 0.303 e. The maximum atomic E-state index is 13.8. The molecule has 0 aromatic heterocycles. The number of ketones is 2. The van der Waals surface area contributed by atoms with Crippen molar-refractivity contribution in [3.05, 3.63) is 46.3 Å². The zero-order valence-corrected chi connectivity index (χ0v) is 23.6. The van der Waals surface area contributed by atoms with Gasteiger partial charge in [0, 0.05) is 30.3 Å². The average Bonchev–Trinajstić information content (AvgIpc) is 2.83. The lowest BCUT2D eigenvalue weighted by atomic mass is 9.57. The molecule has 2 aliphatic heterocycles. The summed E-state index contributed by atoms with van der Waals surface area (Å²) < 4.78 is 18.2. The molecule has 208 valence electrons. The largest absolute Gasteiger partial charge is 0.478 e. The number of esters is 1. The number of hydrogen-bond acceptors (Lipinski definition) is 8. The number of carbonyl (C=O) groups is 3. The van der Waals surface area contributed by atoms with Crippen LogP contribution in [0.3, 0.4) is 0 Å². The molecule has 4 rings (SSSR count). The number of fused-ring (bicyclic) bond motifs is 3. The van der Waals surface area contributed by atoms with Gasteiger partial charge in [0.15, 0.2) is 11.5 Å². The summed E-state index contributed by atoms with van der Waals surface area (Å²) in [7, 11) is 0. The molecule has 0 spiro atoms. The normalized spacial score (nSPS) is 35.2. The third-order valence-corrected chi connectivity index (χ3v) is 8.97. The molecule has 38 heavy (non-hydrogen) atoms. The highest BCUT2D eigenvalue weighted by Crippen LogP contribution is 2.57. The van der Waals surface area contributed by atoms with Crippen LogP contribution in [0.4, 0.5) is 0 Å². The number of aliphatic hydroxyl groups is 2. The highest BCUT2D eigenvalue weighted by Gasteiger charge is 2.61. The molecule has 0 aromatic carbocycles. The number of carbonyl (C=O) groups excluding carboxylic acids is 3. The van der Waals surface area contributed by atoms with Crippen LogP contribution in [0.25, 0.3) is 0 Å². The molecule has 7 atom stereocenters. The second-order valence-electron chi connectivity index (χ2n) is 12.1. The van der Waals surface area contributed by atoms with E-state index in [-0.39, 0.29) is 35.2 Å². The summed E-state index contributed by atoms with van der Waals surface area (Å²) in [6.45, 7) is 13.8. The van der Waals surface area contributed by atoms with Crippen LogP contribution >= 0.6 is 0 Å². The molecule has 0 aromatic rings. The lowest BCUT2D eigenvalue weighted by Crippen LogP contribution is -2.63. The van der Waals surface area contributed by atoms with E-state index in [1.165, 1.54) is 13.0 Å². The van der Waals surface area contributed by atoms with E-state index in [2.05, 4.69) is 0 Å². The van der Waals surface area contributed by atoms with Gasteiger partial charge in [-0.3, -0.25) is 14.4 Å². The van der Waals surface area contributed by atoms with Gasteiger partial charge in [-0.05, 0) is 70.8 Å². The molecule has 0 amide bonds. The Morgan fingerprint density at radius 2 is 1.89 bits per heavy atom. The molecule has 1 saturated carbocycles. The van der Waals surface area contributed by atoms with E-state index < -0.39 is 52.6 Å².